The van der Waals surface area contributed by atoms with E-state index in [9.17, 15) is 9.59 Å². The molecule has 1 amide bonds. The van der Waals surface area contributed by atoms with Crippen LogP contribution >= 0.6 is 11.5 Å². The zero-order valence-electron chi connectivity index (χ0n) is 10.1. The normalized spacial score (nSPS) is 16.3. The molecule has 0 aliphatic heterocycles. The van der Waals surface area contributed by atoms with Gasteiger partial charge in [-0.15, -0.1) is 0 Å². The first-order valence-corrected chi connectivity index (χ1v) is 6.71. The average Bonchev–Trinajstić information content (AvgIpc) is 2.87. The van der Waals surface area contributed by atoms with E-state index >= 15 is 0 Å². The van der Waals surface area contributed by atoms with Crippen LogP contribution in [0, 0.1) is 5.92 Å². The van der Waals surface area contributed by atoms with Crippen molar-refractivity contribution in [3.05, 3.63) is 5.82 Å². The van der Waals surface area contributed by atoms with Crippen molar-refractivity contribution in [3.8, 4) is 0 Å². The largest absolute Gasteiger partial charge is 0.463 e. The second-order valence-corrected chi connectivity index (χ2v) is 4.99. The van der Waals surface area contributed by atoms with Crippen LogP contribution in [0.15, 0.2) is 0 Å². The number of nitrogens with zero attached hydrogens (tertiary/aromatic N) is 2. The number of nitrogens with one attached hydrogen (secondary N) is 1. The van der Waals surface area contributed by atoms with Crippen molar-refractivity contribution in [1.82, 2.24) is 9.36 Å². The lowest BCUT2D eigenvalue weighted by molar-refractivity contribution is -0.120. The van der Waals surface area contributed by atoms with E-state index in [0.717, 1.165) is 37.2 Å². The molecule has 18 heavy (non-hydrogen) atoms. The molecule has 1 fully saturated rings. The predicted molar refractivity (Wildman–Crippen MR) is 66.5 cm³/mol. The van der Waals surface area contributed by atoms with E-state index in [1.807, 2.05) is 0 Å². The van der Waals surface area contributed by atoms with Crippen LogP contribution in [0.4, 0.5) is 5.13 Å². The smallest absolute Gasteiger partial charge is 0.377 e. The number of rotatable bonds is 3. The van der Waals surface area contributed by atoms with Gasteiger partial charge in [0, 0.05) is 17.5 Å². The summed E-state index contributed by atoms with van der Waals surface area (Å²) in [6, 6.07) is 0. The molecule has 1 N–H and O–H groups in total. The van der Waals surface area contributed by atoms with Crippen molar-refractivity contribution >= 4 is 28.5 Å². The minimum Gasteiger partial charge on any atom is -0.463 e. The lowest BCUT2D eigenvalue weighted by Crippen LogP contribution is -2.24. The molecule has 1 aliphatic rings. The van der Waals surface area contributed by atoms with Gasteiger partial charge in [0.1, 0.15) is 0 Å². The fourth-order valence-corrected chi connectivity index (χ4v) is 2.58. The summed E-state index contributed by atoms with van der Waals surface area (Å²) in [6.07, 6.45) is 5.25. The van der Waals surface area contributed by atoms with Crippen molar-refractivity contribution in [1.29, 1.82) is 0 Å². The van der Waals surface area contributed by atoms with Crippen LogP contribution in [-0.4, -0.2) is 28.3 Å². The molecule has 7 heteroatoms. The van der Waals surface area contributed by atoms with E-state index in [-0.39, 0.29) is 17.6 Å². The van der Waals surface area contributed by atoms with Crippen LogP contribution in [0.5, 0.6) is 0 Å². The Morgan fingerprint density at radius 1 is 1.33 bits per heavy atom. The Kier molecular flexibility index (Phi) is 4.24. The number of aromatic nitrogens is 2. The second kappa shape index (κ2) is 5.90. The number of hydrogen-bond acceptors (Lipinski definition) is 6. The third-order valence-electron chi connectivity index (χ3n) is 3.00. The maximum atomic E-state index is 11.9. The minimum absolute atomic E-state index is 0.0126. The van der Waals surface area contributed by atoms with Gasteiger partial charge in [0.15, 0.2) is 0 Å². The van der Waals surface area contributed by atoms with Gasteiger partial charge >= 0.3 is 5.97 Å². The molecule has 0 radical (unpaired) electrons. The van der Waals surface area contributed by atoms with Gasteiger partial charge in [0.05, 0.1) is 7.11 Å². The Hall–Kier alpha value is -1.50. The predicted octanol–water partition coefficient (Wildman–Crippen LogP) is 1.84. The molecule has 0 atom stereocenters. The molecule has 0 aromatic carbocycles. The third-order valence-corrected chi connectivity index (χ3v) is 3.63. The number of methoxy groups -OCH3 is 1. The maximum Gasteiger partial charge on any atom is 0.377 e. The summed E-state index contributed by atoms with van der Waals surface area (Å²) in [4.78, 5) is 27.0. The molecular weight excluding hydrogens is 254 g/mol. The summed E-state index contributed by atoms with van der Waals surface area (Å²) in [5.74, 6) is -0.572. The Morgan fingerprint density at radius 2 is 2.06 bits per heavy atom. The van der Waals surface area contributed by atoms with Gasteiger partial charge in [-0.3, -0.25) is 4.79 Å². The second-order valence-electron chi connectivity index (χ2n) is 4.24. The zero-order chi connectivity index (χ0) is 13.0. The van der Waals surface area contributed by atoms with Crippen molar-refractivity contribution < 1.29 is 14.3 Å². The Labute approximate surface area is 109 Å². The molecule has 0 spiro atoms. The first-order valence-electron chi connectivity index (χ1n) is 5.93. The molecule has 98 valence electrons. The van der Waals surface area contributed by atoms with Gasteiger partial charge in [-0.2, -0.15) is 9.36 Å². The summed E-state index contributed by atoms with van der Waals surface area (Å²) in [7, 11) is 1.27. The lowest BCUT2D eigenvalue weighted by Gasteiger charge is -2.19. The summed E-state index contributed by atoms with van der Waals surface area (Å²) >= 11 is 0.992. The molecule has 0 unspecified atom stereocenters. The first kappa shape index (κ1) is 12.9. The van der Waals surface area contributed by atoms with E-state index in [1.54, 1.807) is 0 Å². The van der Waals surface area contributed by atoms with Crippen LogP contribution in [-0.2, 0) is 9.53 Å². The fourth-order valence-electron chi connectivity index (χ4n) is 2.02. The minimum atomic E-state index is -0.593. The topological polar surface area (TPSA) is 81.2 Å². The molecule has 0 saturated heterocycles. The summed E-state index contributed by atoms with van der Waals surface area (Å²) in [5.41, 5.74) is 0. The number of carbonyl (C=O) groups is 2. The van der Waals surface area contributed by atoms with Gasteiger partial charge < -0.3 is 10.1 Å². The standard InChI is InChI=1S/C11H15N3O3S/c1-17-10(16)8-12-11(18-14-8)13-9(15)7-5-3-2-4-6-7/h7H,2-6H2,1H3,(H,12,13,14,15). The molecule has 1 aliphatic carbocycles. The van der Waals surface area contributed by atoms with Gasteiger partial charge in [-0.1, -0.05) is 19.3 Å². The van der Waals surface area contributed by atoms with Crippen LogP contribution in [0.3, 0.4) is 0 Å². The highest BCUT2D eigenvalue weighted by molar-refractivity contribution is 7.10. The molecule has 1 aromatic heterocycles. The van der Waals surface area contributed by atoms with E-state index in [1.165, 1.54) is 13.5 Å². The molecule has 1 aromatic rings. The van der Waals surface area contributed by atoms with E-state index in [0.29, 0.717) is 5.13 Å². The third kappa shape index (κ3) is 3.04. The highest BCUT2D eigenvalue weighted by atomic mass is 32.1. The molecule has 0 bridgehead atoms. The fraction of sp³-hybridized carbons (Fsp3) is 0.636. The number of ether oxygens (including phenoxy) is 1. The molecule has 2 rings (SSSR count). The summed E-state index contributed by atoms with van der Waals surface area (Å²) < 4.78 is 8.33. The molecule has 1 saturated carbocycles. The van der Waals surface area contributed by atoms with Crippen LogP contribution in [0.25, 0.3) is 0 Å². The van der Waals surface area contributed by atoms with Gasteiger partial charge in [-0.05, 0) is 12.8 Å². The van der Waals surface area contributed by atoms with Gasteiger partial charge in [0.2, 0.25) is 11.0 Å². The highest BCUT2D eigenvalue weighted by Gasteiger charge is 2.22. The monoisotopic (exact) mass is 269 g/mol. The van der Waals surface area contributed by atoms with Gasteiger partial charge in [0.25, 0.3) is 5.82 Å². The number of amides is 1. The number of carbonyl (C=O) groups excluding carboxylic acids is 2. The highest BCUT2D eigenvalue weighted by Crippen LogP contribution is 2.25. The zero-order valence-corrected chi connectivity index (χ0v) is 11.0. The van der Waals surface area contributed by atoms with Crippen LogP contribution < -0.4 is 5.32 Å². The Balaban J connectivity index is 1.94. The van der Waals surface area contributed by atoms with Crippen LogP contribution in [0.2, 0.25) is 0 Å². The van der Waals surface area contributed by atoms with Crippen LogP contribution in [0.1, 0.15) is 42.7 Å². The Bertz CT molecular complexity index is 440. The molecular formula is C11H15N3O3S. The molecule has 6 nitrogen and oxygen atoms in total. The van der Waals surface area contributed by atoms with E-state index in [4.69, 9.17) is 0 Å². The summed E-state index contributed by atoms with van der Waals surface area (Å²) in [5, 5.41) is 3.06. The number of hydrogen-bond donors (Lipinski definition) is 1. The lowest BCUT2D eigenvalue weighted by atomic mass is 9.89. The van der Waals surface area contributed by atoms with Crippen molar-refractivity contribution in [2.75, 3.05) is 12.4 Å². The summed E-state index contributed by atoms with van der Waals surface area (Å²) in [6.45, 7) is 0. The number of esters is 1. The van der Waals surface area contributed by atoms with Crippen molar-refractivity contribution in [2.24, 2.45) is 5.92 Å². The van der Waals surface area contributed by atoms with Gasteiger partial charge in [-0.25, -0.2) is 4.79 Å². The molecule has 1 heterocycles. The average molecular weight is 269 g/mol. The van der Waals surface area contributed by atoms with Crippen molar-refractivity contribution in [2.45, 2.75) is 32.1 Å². The van der Waals surface area contributed by atoms with E-state index in [2.05, 4.69) is 19.4 Å². The van der Waals surface area contributed by atoms with E-state index < -0.39 is 5.97 Å². The first-order chi connectivity index (χ1) is 8.70. The maximum absolute atomic E-state index is 11.9. The Morgan fingerprint density at radius 3 is 2.72 bits per heavy atom. The van der Waals surface area contributed by atoms with Crippen molar-refractivity contribution in [3.63, 3.8) is 0 Å². The number of anilines is 1. The quantitative estimate of drug-likeness (QED) is 0.847. The SMILES string of the molecule is COC(=O)c1nsc(NC(=O)C2CCCCC2)n1.